The van der Waals surface area contributed by atoms with Crippen LogP contribution in [0.2, 0.25) is 0 Å². The molecular weight excluding hydrogens is 772 g/mol. The molecule has 0 amide bonds. The average Bonchev–Trinajstić information content (AvgIpc) is 3.36. The molecule has 0 aliphatic heterocycles. The summed E-state index contributed by atoms with van der Waals surface area (Å²) in [5, 5.41) is 0. The summed E-state index contributed by atoms with van der Waals surface area (Å²) in [5.74, 6) is 0. The Morgan fingerprint density at radius 3 is 0.737 bits per heavy atom. The van der Waals surface area contributed by atoms with Gasteiger partial charge in [0, 0.05) is 39.5 Å². The van der Waals surface area contributed by atoms with Gasteiger partial charge < -0.3 is 9.80 Å². The Labute approximate surface area is 318 Å². The molecule has 0 fully saturated rings. The summed E-state index contributed by atoms with van der Waals surface area (Å²) >= 11 is 0. The number of fused-ring (bicyclic) bond motifs is 3. The van der Waals surface area contributed by atoms with Gasteiger partial charge in [0.1, 0.15) is 0 Å². The number of nitrogens with zero attached hydrogens (tertiary/aromatic N) is 2. The lowest BCUT2D eigenvalue weighted by Crippen LogP contribution is -2.18. The van der Waals surface area contributed by atoms with Crippen molar-refractivity contribution < 1.29 is 52.7 Å². The van der Waals surface area contributed by atoms with E-state index >= 15 is 0 Å². The SMILES string of the molecule is CC1(C)c2cc(N(c3ccc(C(F)(F)F)cc3)c3ccc(C(F)(F)F)cc3)ccc2-c2ccc(N(c3ccc(C(F)(F)F)cc3)c3ccc(C(F)(F)F)cc3)cc21. The lowest BCUT2D eigenvalue weighted by atomic mass is 9.82. The van der Waals surface area contributed by atoms with E-state index in [0.717, 1.165) is 70.8 Å². The zero-order chi connectivity index (χ0) is 41.3. The van der Waals surface area contributed by atoms with Crippen molar-refractivity contribution in [3.63, 3.8) is 0 Å². The van der Waals surface area contributed by atoms with Crippen LogP contribution in [0.4, 0.5) is 86.8 Å². The van der Waals surface area contributed by atoms with Crippen LogP contribution in [-0.2, 0) is 30.1 Å². The van der Waals surface area contributed by atoms with Crippen LogP contribution < -0.4 is 9.80 Å². The van der Waals surface area contributed by atoms with Gasteiger partial charge in [0.05, 0.1) is 22.3 Å². The number of hydrogen-bond acceptors (Lipinski definition) is 2. The first-order chi connectivity index (χ1) is 26.5. The second-order valence-electron chi connectivity index (χ2n) is 13.9. The second kappa shape index (κ2) is 13.6. The third-order valence-electron chi connectivity index (χ3n) is 9.97. The van der Waals surface area contributed by atoms with Gasteiger partial charge in [0.25, 0.3) is 0 Å². The van der Waals surface area contributed by atoms with Gasteiger partial charge in [-0.2, -0.15) is 52.7 Å². The highest BCUT2D eigenvalue weighted by molar-refractivity contribution is 5.88. The maximum absolute atomic E-state index is 13.5. The summed E-state index contributed by atoms with van der Waals surface area (Å²) in [6.45, 7) is 3.79. The van der Waals surface area contributed by atoms with Crippen LogP contribution in [0.5, 0.6) is 0 Å². The highest BCUT2D eigenvalue weighted by atomic mass is 19.4. The number of anilines is 6. The molecule has 0 aromatic heterocycles. The van der Waals surface area contributed by atoms with E-state index in [4.69, 9.17) is 0 Å². The van der Waals surface area contributed by atoms with Crippen LogP contribution in [0.25, 0.3) is 11.1 Å². The molecule has 0 heterocycles. The molecule has 0 unspecified atom stereocenters. The van der Waals surface area contributed by atoms with Gasteiger partial charge in [0.2, 0.25) is 0 Å². The van der Waals surface area contributed by atoms with E-state index < -0.39 is 52.4 Å². The first-order valence-electron chi connectivity index (χ1n) is 17.1. The lowest BCUT2D eigenvalue weighted by molar-refractivity contribution is -0.138. The van der Waals surface area contributed by atoms with Crippen molar-refractivity contribution in [3.8, 4) is 11.1 Å². The minimum atomic E-state index is -4.63. The summed E-state index contributed by atoms with van der Waals surface area (Å²) in [6.07, 6.45) is -18.5. The van der Waals surface area contributed by atoms with Crippen molar-refractivity contribution in [1.82, 2.24) is 0 Å². The maximum Gasteiger partial charge on any atom is 0.416 e. The van der Waals surface area contributed by atoms with Crippen LogP contribution in [-0.4, -0.2) is 0 Å². The molecule has 6 aromatic carbocycles. The fourth-order valence-electron chi connectivity index (χ4n) is 7.08. The van der Waals surface area contributed by atoms with E-state index in [1.165, 1.54) is 58.3 Å². The van der Waals surface area contributed by atoms with Gasteiger partial charge in [0.15, 0.2) is 0 Å². The summed E-state index contributed by atoms with van der Waals surface area (Å²) in [6, 6.07) is 27.3. The third-order valence-corrected chi connectivity index (χ3v) is 9.97. The van der Waals surface area contributed by atoms with Crippen molar-refractivity contribution in [1.29, 1.82) is 0 Å². The molecule has 0 spiro atoms. The van der Waals surface area contributed by atoms with Crippen molar-refractivity contribution in [2.24, 2.45) is 0 Å². The first kappa shape index (κ1) is 39.3. The fourth-order valence-corrected chi connectivity index (χ4v) is 7.08. The smallest absolute Gasteiger partial charge is 0.310 e. The zero-order valence-corrected chi connectivity index (χ0v) is 29.6. The molecule has 1 aliphatic rings. The predicted octanol–water partition coefficient (Wildman–Crippen LogP) is 15.0. The monoisotopic (exact) mass is 800 g/mol. The minimum absolute atomic E-state index is 0.238. The van der Waals surface area contributed by atoms with Crippen LogP contribution >= 0.6 is 0 Å². The van der Waals surface area contributed by atoms with Crippen LogP contribution in [0.3, 0.4) is 0 Å². The second-order valence-corrected chi connectivity index (χ2v) is 13.9. The molecule has 0 atom stereocenters. The van der Waals surface area contributed by atoms with E-state index in [0.29, 0.717) is 11.4 Å². The quantitative estimate of drug-likeness (QED) is 0.155. The third kappa shape index (κ3) is 7.52. The van der Waals surface area contributed by atoms with Crippen molar-refractivity contribution in [2.45, 2.75) is 44.0 Å². The van der Waals surface area contributed by atoms with E-state index in [2.05, 4.69) is 0 Å². The van der Waals surface area contributed by atoms with Gasteiger partial charge in [-0.15, -0.1) is 0 Å². The van der Waals surface area contributed by atoms with E-state index in [1.54, 1.807) is 36.4 Å². The Balaban J connectivity index is 1.32. The molecule has 2 nitrogen and oxygen atoms in total. The molecule has 0 bridgehead atoms. The maximum atomic E-state index is 13.5. The molecule has 1 aliphatic carbocycles. The summed E-state index contributed by atoms with van der Waals surface area (Å²) in [5.41, 5.74) is 0.337. The molecule has 6 aromatic rings. The van der Waals surface area contributed by atoms with Gasteiger partial charge in [-0.25, -0.2) is 0 Å². The molecule has 57 heavy (non-hydrogen) atoms. The Hall–Kier alpha value is -5.92. The van der Waals surface area contributed by atoms with E-state index in [9.17, 15) is 52.7 Å². The normalized spacial score (nSPS) is 13.9. The van der Waals surface area contributed by atoms with E-state index in [-0.39, 0.29) is 22.7 Å². The largest absolute Gasteiger partial charge is 0.416 e. The molecule has 0 N–H and O–H groups in total. The van der Waals surface area contributed by atoms with E-state index in [1.807, 2.05) is 13.8 Å². The Bertz CT molecular complexity index is 2120. The molecule has 14 heteroatoms. The molecule has 0 saturated carbocycles. The molecule has 294 valence electrons. The van der Waals surface area contributed by atoms with Crippen LogP contribution in [0.1, 0.15) is 47.2 Å². The number of rotatable bonds is 6. The van der Waals surface area contributed by atoms with Crippen LogP contribution in [0.15, 0.2) is 133 Å². The summed E-state index contributed by atoms with van der Waals surface area (Å²) in [7, 11) is 0. The zero-order valence-electron chi connectivity index (χ0n) is 29.6. The Morgan fingerprint density at radius 1 is 0.316 bits per heavy atom. The summed E-state index contributed by atoms with van der Waals surface area (Å²) < 4.78 is 162. The molecule has 7 rings (SSSR count). The lowest BCUT2D eigenvalue weighted by Gasteiger charge is -2.29. The molecule has 0 saturated heterocycles. The van der Waals surface area contributed by atoms with Crippen LogP contribution in [0, 0.1) is 0 Å². The Morgan fingerprint density at radius 2 is 0.526 bits per heavy atom. The number of benzene rings is 6. The highest BCUT2D eigenvalue weighted by Gasteiger charge is 2.38. The number of alkyl halides is 12. The van der Waals surface area contributed by atoms with Gasteiger partial charge in [-0.3, -0.25) is 0 Å². The first-order valence-corrected chi connectivity index (χ1v) is 17.1. The highest BCUT2D eigenvalue weighted by Crippen LogP contribution is 2.53. The van der Waals surface area contributed by atoms with Gasteiger partial charge in [-0.1, -0.05) is 26.0 Å². The summed E-state index contributed by atoms with van der Waals surface area (Å²) in [4.78, 5) is 3.06. The topological polar surface area (TPSA) is 6.48 Å². The minimum Gasteiger partial charge on any atom is -0.310 e. The molecule has 0 radical (unpaired) electrons. The fraction of sp³-hybridized carbons (Fsp3) is 0.163. The van der Waals surface area contributed by atoms with Crippen molar-refractivity contribution in [2.75, 3.05) is 9.80 Å². The number of hydrogen-bond donors (Lipinski definition) is 0. The average molecular weight is 801 g/mol. The Kier molecular flexibility index (Phi) is 9.40. The van der Waals surface area contributed by atoms with Crippen molar-refractivity contribution in [3.05, 3.63) is 167 Å². The van der Waals surface area contributed by atoms with Gasteiger partial charge >= 0.3 is 24.7 Å². The van der Waals surface area contributed by atoms with Crippen molar-refractivity contribution >= 4 is 34.1 Å². The van der Waals surface area contributed by atoms with Gasteiger partial charge in [-0.05, 0) is 144 Å². The molecular formula is C43H28F12N2. The predicted molar refractivity (Wildman–Crippen MR) is 193 cm³/mol. The standard InChI is InChI=1S/C43H28F12N2/c1-39(2)37-23-33(56(29-11-3-25(4-12-29)40(44,45)46)30-13-5-26(6-14-30)41(47,48)49)19-21-35(37)36-22-20-34(24-38(36)39)57(31-15-7-27(8-16-31)42(50,51)52)32-17-9-28(10-18-32)43(53,54)55/h3-24H,1-2H3. The number of halogens is 12.